The first-order chi connectivity index (χ1) is 8.63. The molecule has 1 heterocycles. The highest BCUT2D eigenvalue weighted by molar-refractivity contribution is 5.09. The van der Waals surface area contributed by atoms with Crippen molar-refractivity contribution in [3.8, 4) is 0 Å². The fourth-order valence-electron chi connectivity index (χ4n) is 1.50. The molecule has 1 aliphatic rings. The maximum Gasteiger partial charge on any atom is 0.141 e. The van der Waals surface area contributed by atoms with Crippen molar-refractivity contribution in [2.75, 3.05) is 0 Å². The summed E-state index contributed by atoms with van der Waals surface area (Å²) in [5, 5.41) is 0. The maximum absolute atomic E-state index is 12.4. The fraction of sp³-hybridized carbons (Fsp3) is 0.688. The lowest BCUT2D eigenvalue weighted by atomic mass is 9.88. The molecule has 0 spiro atoms. The van der Waals surface area contributed by atoms with Gasteiger partial charge in [-0.25, -0.2) is 4.39 Å². The Bertz CT molecular complexity index is 290. The van der Waals surface area contributed by atoms with Gasteiger partial charge in [0.15, 0.2) is 0 Å². The zero-order chi connectivity index (χ0) is 14.0. The minimum Gasteiger partial charge on any atom is -0.258 e. The van der Waals surface area contributed by atoms with E-state index in [-0.39, 0.29) is 5.82 Å². The molecule has 0 saturated heterocycles. The molecule has 18 heavy (non-hydrogen) atoms. The number of hydrogen-bond acceptors (Lipinski definition) is 1. The number of aromatic nitrogens is 1. The molecular weight excluding hydrogens is 225 g/mol. The summed E-state index contributed by atoms with van der Waals surface area (Å²) < 4.78 is 12.4. The number of hydrogen-bond donors (Lipinski definition) is 0. The van der Waals surface area contributed by atoms with Gasteiger partial charge in [0.1, 0.15) is 5.82 Å². The summed E-state index contributed by atoms with van der Waals surface area (Å²) in [4.78, 5) is 3.97. The molecule has 1 atom stereocenters. The molecule has 1 aromatic heterocycles. The molecule has 0 radical (unpaired) electrons. The Morgan fingerprint density at radius 2 is 1.89 bits per heavy atom. The van der Waals surface area contributed by atoms with Crippen LogP contribution in [0.3, 0.4) is 0 Å². The van der Waals surface area contributed by atoms with Crippen molar-refractivity contribution in [2.24, 2.45) is 5.92 Å². The van der Waals surface area contributed by atoms with Crippen LogP contribution in [0.5, 0.6) is 0 Å². The Kier molecular flexibility index (Phi) is 9.53. The Morgan fingerprint density at radius 3 is 2.17 bits per heavy atom. The minimum atomic E-state index is -0.267. The molecule has 1 unspecified atom stereocenters. The third-order valence-electron chi connectivity index (χ3n) is 3.26. The molecule has 1 aromatic rings. The Morgan fingerprint density at radius 1 is 1.33 bits per heavy atom. The Labute approximate surface area is 112 Å². The lowest BCUT2D eigenvalue weighted by molar-refractivity contribution is 0.346. The van der Waals surface area contributed by atoms with E-state index in [1.165, 1.54) is 31.5 Å². The summed E-state index contributed by atoms with van der Waals surface area (Å²) in [5.41, 5.74) is 0.967. The highest BCUT2D eigenvalue weighted by Crippen LogP contribution is 2.24. The van der Waals surface area contributed by atoms with E-state index in [1.807, 2.05) is 13.8 Å². The van der Waals surface area contributed by atoms with Crippen LogP contribution in [-0.2, 0) is 0 Å². The zero-order valence-electron chi connectivity index (χ0n) is 12.5. The molecule has 2 heteroatoms. The first kappa shape index (κ1) is 17.1. The van der Waals surface area contributed by atoms with E-state index in [4.69, 9.17) is 0 Å². The average Bonchev–Trinajstić information content (AvgIpc) is 2.39. The zero-order valence-corrected chi connectivity index (χ0v) is 12.5. The van der Waals surface area contributed by atoms with Gasteiger partial charge < -0.3 is 0 Å². The average molecular weight is 253 g/mol. The van der Waals surface area contributed by atoms with Crippen LogP contribution in [0.15, 0.2) is 18.3 Å². The van der Waals surface area contributed by atoms with Gasteiger partial charge in [-0.1, -0.05) is 53.9 Å². The van der Waals surface area contributed by atoms with E-state index < -0.39 is 0 Å². The highest BCUT2D eigenvalue weighted by atomic mass is 19.1. The maximum atomic E-state index is 12.4. The standard InChI is InChI=1S/C9H12FN.C5H10.C2H6/c1-3-7(2)9-5-4-8(10)6-11-9;1-5-3-2-4-5;1-2/h4-7H,3H2,1-2H3;5H,2-4H2,1H3;1-2H3. The second-order valence-corrected chi connectivity index (χ2v) is 4.75. The van der Waals surface area contributed by atoms with Crippen molar-refractivity contribution < 1.29 is 4.39 Å². The largest absolute Gasteiger partial charge is 0.258 e. The molecule has 1 nitrogen and oxygen atoms in total. The number of nitrogens with zero attached hydrogens (tertiary/aromatic N) is 1. The van der Waals surface area contributed by atoms with Crippen LogP contribution in [0.2, 0.25) is 0 Å². The predicted octanol–water partition coefficient (Wildman–Crippen LogP) is 5.57. The van der Waals surface area contributed by atoms with E-state index in [2.05, 4.69) is 25.8 Å². The van der Waals surface area contributed by atoms with Gasteiger partial charge in [-0.3, -0.25) is 4.98 Å². The first-order valence-corrected chi connectivity index (χ1v) is 7.25. The number of rotatable bonds is 2. The third-order valence-corrected chi connectivity index (χ3v) is 3.26. The Hall–Kier alpha value is -0.920. The molecule has 0 bridgehead atoms. The highest BCUT2D eigenvalue weighted by Gasteiger charge is 2.09. The van der Waals surface area contributed by atoms with Gasteiger partial charge >= 0.3 is 0 Å². The van der Waals surface area contributed by atoms with E-state index in [1.54, 1.807) is 6.07 Å². The van der Waals surface area contributed by atoms with Crippen LogP contribution >= 0.6 is 0 Å². The van der Waals surface area contributed by atoms with Crippen molar-refractivity contribution in [3.63, 3.8) is 0 Å². The quantitative estimate of drug-likeness (QED) is 0.671. The van der Waals surface area contributed by atoms with Crippen LogP contribution in [0.1, 0.15) is 71.9 Å². The smallest absolute Gasteiger partial charge is 0.141 e. The molecule has 0 aliphatic heterocycles. The molecule has 2 rings (SSSR count). The number of halogens is 1. The van der Waals surface area contributed by atoms with Gasteiger partial charge in [-0.2, -0.15) is 0 Å². The van der Waals surface area contributed by atoms with Gasteiger partial charge in [-0.05, 0) is 30.4 Å². The van der Waals surface area contributed by atoms with Crippen molar-refractivity contribution in [3.05, 3.63) is 29.8 Å². The van der Waals surface area contributed by atoms with Crippen LogP contribution < -0.4 is 0 Å². The van der Waals surface area contributed by atoms with Crippen LogP contribution in [0.25, 0.3) is 0 Å². The van der Waals surface area contributed by atoms with Crippen LogP contribution in [0, 0.1) is 11.7 Å². The molecule has 0 amide bonds. The molecule has 0 N–H and O–H groups in total. The SMILES string of the molecule is CC.CC1CCC1.CCC(C)c1ccc(F)cn1. The van der Waals surface area contributed by atoms with Crippen LogP contribution in [-0.4, -0.2) is 4.98 Å². The van der Waals surface area contributed by atoms with E-state index >= 15 is 0 Å². The van der Waals surface area contributed by atoms with E-state index in [9.17, 15) is 4.39 Å². The minimum absolute atomic E-state index is 0.267. The summed E-state index contributed by atoms with van der Waals surface area (Å²) in [6, 6.07) is 3.19. The van der Waals surface area contributed by atoms with Crippen molar-refractivity contribution >= 4 is 0 Å². The third kappa shape index (κ3) is 6.73. The molecule has 1 fully saturated rings. The van der Waals surface area contributed by atoms with Gasteiger partial charge in [0.25, 0.3) is 0 Å². The normalized spacial score (nSPS) is 15.4. The van der Waals surface area contributed by atoms with Crippen molar-refractivity contribution in [2.45, 2.75) is 66.2 Å². The molecular formula is C16H28FN. The van der Waals surface area contributed by atoms with Crippen molar-refractivity contribution in [1.82, 2.24) is 4.98 Å². The summed E-state index contributed by atoms with van der Waals surface area (Å²) in [5.74, 6) is 1.22. The van der Waals surface area contributed by atoms with E-state index in [0.717, 1.165) is 18.0 Å². The first-order valence-electron chi connectivity index (χ1n) is 7.25. The molecule has 0 aromatic carbocycles. The van der Waals surface area contributed by atoms with Gasteiger partial charge in [0.2, 0.25) is 0 Å². The molecule has 1 aliphatic carbocycles. The van der Waals surface area contributed by atoms with Gasteiger partial charge in [0.05, 0.1) is 6.20 Å². The Balaban J connectivity index is 0.000000343. The summed E-state index contributed by atoms with van der Waals surface area (Å²) in [7, 11) is 0. The summed E-state index contributed by atoms with van der Waals surface area (Å²) >= 11 is 0. The van der Waals surface area contributed by atoms with Crippen molar-refractivity contribution in [1.29, 1.82) is 0 Å². The lowest BCUT2D eigenvalue weighted by Crippen LogP contribution is -2.04. The van der Waals surface area contributed by atoms with Crippen LogP contribution in [0.4, 0.5) is 4.39 Å². The second kappa shape index (κ2) is 10.0. The molecule has 1 saturated carbocycles. The number of pyridine rings is 1. The monoisotopic (exact) mass is 253 g/mol. The molecule has 104 valence electrons. The summed E-state index contributed by atoms with van der Waals surface area (Å²) in [6.07, 6.45) is 6.77. The lowest BCUT2D eigenvalue weighted by Gasteiger charge is -2.18. The summed E-state index contributed by atoms with van der Waals surface area (Å²) in [6.45, 7) is 10.5. The fourth-order valence-corrected chi connectivity index (χ4v) is 1.50. The topological polar surface area (TPSA) is 12.9 Å². The predicted molar refractivity (Wildman–Crippen MR) is 77.3 cm³/mol. The second-order valence-electron chi connectivity index (χ2n) is 4.75. The van der Waals surface area contributed by atoms with Gasteiger partial charge in [0, 0.05) is 5.69 Å². The van der Waals surface area contributed by atoms with E-state index in [0.29, 0.717) is 5.92 Å². The van der Waals surface area contributed by atoms with Gasteiger partial charge in [-0.15, -0.1) is 0 Å².